The van der Waals surface area contributed by atoms with Crippen LogP contribution in [0.3, 0.4) is 0 Å². The van der Waals surface area contributed by atoms with Crippen LogP contribution in [0.15, 0.2) is 0 Å². The van der Waals surface area contributed by atoms with E-state index in [9.17, 15) is 30.8 Å². The smallest absolute Gasteiger partial charge is 0.431 e. The molecule has 1 saturated heterocycles. The molecule has 1 fully saturated rings. The average Bonchev–Trinajstić information content (AvgIpc) is 2.70. The second kappa shape index (κ2) is 5.69. The number of carbonyl (C=O) groups excluding carboxylic acids is 1. The summed E-state index contributed by atoms with van der Waals surface area (Å²) in [7, 11) is -6.26. The van der Waals surface area contributed by atoms with Crippen LogP contribution in [0.1, 0.15) is 26.2 Å². The fraction of sp³-hybridized carbons (Fsp3) is 0.900. The van der Waals surface area contributed by atoms with Gasteiger partial charge in [-0.1, -0.05) is 6.92 Å². The Morgan fingerprint density at radius 1 is 1.38 bits per heavy atom. The molecule has 0 spiro atoms. The van der Waals surface area contributed by atoms with E-state index in [-0.39, 0.29) is 19.4 Å². The molecule has 1 aliphatic heterocycles. The minimum atomic E-state index is -6.26. The molecule has 1 N–H and O–H groups in total. The van der Waals surface area contributed by atoms with Crippen LogP contribution in [0, 0.1) is 0 Å². The van der Waals surface area contributed by atoms with Crippen LogP contribution in [0.4, 0.5) is 17.6 Å². The number of esters is 1. The van der Waals surface area contributed by atoms with Gasteiger partial charge in [-0.2, -0.15) is 26.0 Å². The monoisotopic (exact) mass is 338 g/mol. The van der Waals surface area contributed by atoms with Crippen molar-refractivity contribution < 1.29 is 44.8 Å². The molecular formula is C10H14F4O6S. The van der Waals surface area contributed by atoms with Gasteiger partial charge in [0.05, 0.1) is 13.0 Å². The van der Waals surface area contributed by atoms with Gasteiger partial charge in [-0.3, -0.25) is 9.35 Å². The maximum absolute atomic E-state index is 13.2. The van der Waals surface area contributed by atoms with E-state index in [2.05, 4.69) is 4.74 Å². The van der Waals surface area contributed by atoms with E-state index in [1.165, 1.54) is 0 Å². The van der Waals surface area contributed by atoms with Crippen molar-refractivity contribution in [3.05, 3.63) is 0 Å². The standard InChI is InChI=1S/C10H14F4O6S/c1-2-8(5-7(15)19-6-8)20-4-3-9(11,12)10(13,14)21(16,17)18/h2-6H2,1H3,(H,16,17,18). The predicted octanol–water partition coefficient (Wildman–Crippen LogP) is 1.60. The molecule has 1 aliphatic rings. The molecule has 1 unspecified atom stereocenters. The number of hydrogen-bond acceptors (Lipinski definition) is 5. The Kier molecular flexibility index (Phi) is 4.91. The third-order valence-electron chi connectivity index (χ3n) is 3.18. The van der Waals surface area contributed by atoms with Crippen LogP contribution in [-0.4, -0.2) is 48.9 Å². The molecule has 0 aromatic heterocycles. The highest BCUT2D eigenvalue weighted by molar-refractivity contribution is 7.87. The van der Waals surface area contributed by atoms with Gasteiger partial charge < -0.3 is 9.47 Å². The van der Waals surface area contributed by atoms with Crippen molar-refractivity contribution in [1.82, 2.24) is 0 Å². The normalized spacial score (nSPS) is 24.2. The molecule has 0 bridgehead atoms. The quantitative estimate of drug-likeness (QED) is 0.431. The lowest BCUT2D eigenvalue weighted by Crippen LogP contribution is -2.48. The molecule has 0 aromatic rings. The van der Waals surface area contributed by atoms with E-state index in [1.807, 2.05) is 0 Å². The highest BCUT2D eigenvalue weighted by Crippen LogP contribution is 2.41. The van der Waals surface area contributed by atoms with Crippen LogP contribution in [0.5, 0.6) is 0 Å². The largest absolute Gasteiger partial charge is 0.463 e. The number of ether oxygens (including phenoxy) is 2. The Bertz CT molecular complexity index is 506. The van der Waals surface area contributed by atoms with E-state index in [4.69, 9.17) is 9.29 Å². The second-order valence-corrected chi connectivity index (χ2v) is 6.13. The van der Waals surface area contributed by atoms with Crippen LogP contribution < -0.4 is 0 Å². The molecule has 21 heavy (non-hydrogen) atoms. The van der Waals surface area contributed by atoms with Gasteiger partial charge in [0.2, 0.25) is 0 Å². The van der Waals surface area contributed by atoms with Crippen molar-refractivity contribution >= 4 is 16.1 Å². The molecule has 0 aromatic carbocycles. The first-order valence-electron chi connectivity index (χ1n) is 5.89. The van der Waals surface area contributed by atoms with E-state index < -0.39 is 45.9 Å². The summed E-state index contributed by atoms with van der Waals surface area (Å²) in [5, 5.41) is -5.62. The Balaban J connectivity index is 2.68. The van der Waals surface area contributed by atoms with E-state index >= 15 is 0 Å². The van der Waals surface area contributed by atoms with E-state index in [0.29, 0.717) is 0 Å². The van der Waals surface area contributed by atoms with Crippen LogP contribution in [0.2, 0.25) is 0 Å². The molecule has 0 aliphatic carbocycles. The van der Waals surface area contributed by atoms with Crippen molar-refractivity contribution in [3.8, 4) is 0 Å². The van der Waals surface area contributed by atoms with Crippen molar-refractivity contribution in [2.75, 3.05) is 13.2 Å². The lowest BCUT2D eigenvalue weighted by atomic mass is 9.99. The maximum Gasteiger partial charge on any atom is 0.431 e. The lowest BCUT2D eigenvalue weighted by Gasteiger charge is -2.28. The first-order valence-corrected chi connectivity index (χ1v) is 7.33. The zero-order valence-electron chi connectivity index (χ0n) is 10.9. The Labute approximate surface area is 118 Å². The summed E-state index contributed by atoms with van der Waals surface area (Å²) in [6.07, 6.45) is -1.63. The van der Waals surface area contributed by atoms with Crippen molar-refractivity contribution in [2.45, 2.75) is 43.0 Å². The summed E-state index contributed by atoms with van der Waals surface area (Å²) in [6.45, 7) is 0.470. The Morgan fingerprint density at radius 3 is 2.33 bits per heavy atom. The molecule has 0 radical (unpaired) electrons. The topological polar surface area (TPSA) is 89.9 Å². The molecule has 0 amide bonds. The summed E-state index contributed by atoms with van der Waals surface area (Å²) >= 11 is 0. The molecule has 6 nitrogen and oxygen atoms in total. The fourth-order valence-electron chi connectivity index (χ4n) is 1.73. The predicted molar refractivity (Wildman–Crippen MR) is 60.6 cm³/mol. The molecule has 1 atom stereocenters. The molecule has 1 heterocycles. The van der Waals surface area contributed by atoms with Gasteiger partial charge in [0.15, 0.2) is 0 Å². The molecule has 1 rings (SSSR count). The van der Waals surface area contributed by atoms with Crippen molar-refractivity contribution in [3.63, 3.8) is 0 Å². The van der Waals surface area contributed by atoms with Gasteiger partial charge in [-0.15, -0.1) is 0 Å². The number of carbonyl (C=O) groups is 1. The number of halogens is 4. The minimum Gasteiger partial charge on any atom is -0.463 e. The third-order valence-corrected chi connectivity index (χ3v) is 4.13. The molecule has 11 heteroatoms. The summed E-state index contributed by atoms with van der Waals surface area (Å²) in [5.74, 6) is -5.62. The van der Waals surface area contributed by atoms with Gasteiger partial charge in [0.1, 0.15) is 12.2 Å². The van der Waals surface area contributed by atoms with Gasteiger partial charge in [-0.05, 0) is 6.42 Å². The molecular weight excluding hydrogens is 324 g/mol. The van der Waals surface area contributed by atoms with Gasteiger partial charge in [0, 0.05) is 6.42 Å². The fourth-order valence-corrected chi connectivity index (χ4v) is 2.21. The van der Waals surface area contributed by atoms with E-state index in [0.717, 1.165) is 0 Å². The number of alkyl halides is 4. The summed E-state index contributed by atoms with van der Waals surface area (Å²) in [4.78, 5) is 11.0. The first kappa shape index (κ1) is 18.1. The zero-order valence-corrected chi connectivity index (χ0v) is 11.8. The second-order valence-electron chi connectivity index (χ2n) is 4.67. The van der Waals surface area contributed by atoms with Crippen LogP contribution in [-0.2, 0) is 24.4 Å². The maximum atomic E-state index is 13.2. The van der Waals surface area contributed by atoms with Gasteiger partial charge in [0.25, 0.3) is 0 Å². The van der Waals surface area contributed by atoms with Crippen LogP contribution in [0.25, 0.3) is 0 Å². The first-order chi connectivity index (χ1) is 9.37. The lowest BCUT2D eigenvalue weighted by molar-refractivity contribution is -0.179. The van der Waals surface area contributed by atoms with Crippen molar-refractivity contribution in [2.24, 2.45) is 0 Å². The Morgan fingerprint density at radius 2 is 1.95 bits per heavy atom. The van der Waals surface area contributed by atoms with E-state index in [1.54, 1.807) is 6.92 Å². The molecule has 0 saturated carbocycles. The van der Waals surface area contributed by atoms with Crippen molar-refractivity contribution in [1.29, 1.82) is 0 Å². The zero-order chi connectivity index (χ0) is 16.5. The number of rotatable bonds is 7. The van der Waals surface area contributed by atoms with Crippen LogP contribution >= 0.6 is 0 Å². The van der Waals surface area contributed by atoms with Gasteiger partial charge >= 0.3 is 27.3 Å². The number of cyclic esters (lactones) is 1. The SMILES string of the molecule is CCC1(OCCC(F)(F)C(F)(F)S(=O)(=O)O)COC(=O)C1. The Hall–Kier alpha value is -0.940. The highest BCUT2D eigenvalue weighted by atomic mass is 32.2. The third kappa shape index (κ3) is 3.64. The number of hydrogen-bond donors (Lipinski definition) is 1. The highest BCUT2D eigenvalue weighted by Gasteiger charge is 2.65. The summed E-state index contributed by atoms with van der Waals surface area (Å²) in [6, 6.07) is 0. The summed E-state index contributed by atoms with van der Waals surface area (Å²) < 4.78 is 90.7. The average molecular weight is 338 g/mol. The summed E-state index contributed by atoms with van der Waals surface area (Å²) in [5.41, 5.74) is -1.18. The molecule has 124 valence electrons. The minimum absolute atomic E-state index is 0.192. The van der Waals surface area contributed by atoms with Gasteiger partial charge in [-0.25, -0.2) is 0 Å².